The molecule has 0 aliphatic heterocycles. The average Bonchev–Trinajstić information content (AvgIpc) is 2.73. The Morgan fingerprint density at radius 3 is 2.24 bits per heavy atom. The fourth-order valence-electron chi connectivity index (χ4n) is 3.23. The zero-order chi connectivity index (χ0) is 25.2. The lowest BCUT2D eigenvalue weighted by Crippen LogP contribution is -2.49. The molecule has 0 saturated heterocycles. The highest BCUT2D eigenvalue weighted by Gasteiger charge is 2.30. The van der Waals surface area contributed by atoms with Gasteiger partial charge >= 0.3 is 6.18 Å². The van der Waals surface area contributed by atoms with Gasteiger partial charge in [-0.05, 0) is 43.0 Å². The standard InChI is InChI=1S/C23H37F3N2O5/c1-22(2,3)13-17(28(4)14-20(31-6)32-7)21(29)27-11-10-16-8-9-18(30-5)19(12-16)33-15-23(24,25)26/h8-9,12,17,20H,10-11,13-15H2,1-7H3,(H,27,29). The van der Waals surface area contributed by atoms with Crippen molar-refractivity contribution in [3.63, 3.8) is 0 Å². The van der Waals surface area contributed by atoms with E-state index in [0.717, 1.165) is 0 Å². The van der Waals surface area contributed by atoms with E-state index in [1.807, 2.05) is 11.9 Å². The maximum absolute atomic E-state index is 13.0. The topological polar surface area (TPSA) is 69.3 Å². The first-order valence-electron chi connectivity index (χ1n) is 10.7. The molecule has 1 rings (SSSR count). The number of carbonyl (C=O) groups is 1. The van der Waals surface area contributed by atoms with Gasteiger partial charge in [0.05, 0.1) is 13.2 Å². The normalized spacial score (nSPS) is 13.3. The highest BCUT2D eigenvalue weighted by atomic mass is 19.4. The lowest BCUT2D eigenvalue weighted by atomic mass is 9.87. The number of alkyl halides is 3. The second-order valence-electron chi connectivity index (χ2n) is 9.05. The summed E-state index contributed by atoms with van der Waals surface area (Å²) in [4.78, 5) is 14.9. The van der Waals surface area contributed by atoms with Crippen LogP contribution in [-0.2, 0) is 20.7 Å². The first-order chi connectivity index (χ1) is 15.3. The summed E-state index contributed by atoms with van der Waals surface area (Å²) in [6.07, 6.45) is -3.87. The molecule has 1 unspecified atom stereocenters. The number of halogens is 3. The van der Waals surface area contributed by atoms with Crippen molar-refractivity contribution < 1.29 is 36.9 Å². The zero-order valence-electron chi connectivity index (χ0n) is 20.5. The van der Waals surface area contributed by atoms with Crippen LogP contribution < -0.4 is 14.8 Å². The van der Waals surface area contributed by atoms with E-state index in [-0.39, 0.29) is 22.8 Å². The third kappa shape index (κ3) is 11.1. The van der Waals surface area contributed by atoms with Crippen molar-refractivity contribution in [2.24, 2.45) is 5.41 Å². The van der Waals surface area contributed by atoms with E-state index in [2.05, 4.69) is 26.1 Å². The van der Waals surface area contributed by atoms with Gasteiger partial charge in [-0.25, -0.2) is 0 Å². The van der Waals surface area contributed by atoms with E-state index in [4.69, 9.17) is 18.9 Å². The van der Waals surface area contributed by atoms with Crippen LogP contribution in [0.5, 0.6) is 11.5 Å². The summed E-state index contributed by atoms with van der Waals surface area (Å²) in [6.45, 7) is 5.51. The number of benzene rings is 1. The van der Waals surface area contributed by atoms with Crippen molar-refractivity contribution in [3.05, 3.63) is 23.8 Å². The maximum Gasteiger partial charge on any atom is 0.422 e. The minimum atomic E-state index is -4.45. The molecule has 0 aliphatic carbocycles. The Morgan fingerprint density at radius 1 is 1.09 bits per heavy atom. The molecular weight excluding hydrogens is 441 g/mol. The number of nitrogens with one attached hydrogen (secondary N) is 1. The van der Waals surface area contributed by atoms with Gasteiger partial charge in [-0.1, -0.05) is 26.8 Å². The van der Waals surface area contributed by atoms with Gasteiger partial charge in [0.25, 0.3) is 0 Å². The van der Waals surface area contributed by atoms with Gasteiger partial charge in [-0.3, -0.25) is 9.69 Å². The quantitative estimate of drug-likeness (QED) is 0.437. The molecule has 0 saturated carbocycles. The number of hydrogen-bond acceptors (Lipinski definition) is 6. The van der Waals surface area contributed by atoms with Crippen LogP contribution in [0.2, 0.25) is 0 Å². The van der Waals surface area contributed by atoms with Crippen LogP contribution >= 0.6 is 0 Å². The summed E-state index contributed by atoms with van der Waals surface area (Å²) >= 11 is 0. The number of methoxy groups -OCH3 is 3. The van der Waals surface area contributed by atoms with E-state index in [0.29, 0.717) is 31.5 Å². The summed E-state index contributed by atoms with van der Waals surface area (Å²) < 4.78 is 58.0. The monoisotopic (exact) mass is 478 g/mol. The van der Waals surface area contributed by atoms with Gasteiger partial charge in [0, 0.05) is 27.3 Å². The van der Waals surface area contributed by atoms with Crippen molar-refractivity contribution in [1.29, 1.82) is 0 Å². The second kappa shape index (κ2) is 13.0. The summed E-state index contributed by atoms with van der Waals surface area (Å²) in [6, 6.07) is 4.37. The Hall–Kier alpha value is -2.04. The molecule has 1 aromatic rings. The Labute approximate surface area is 194 Å². The molecule has 1 aromatic carbocycles. The largest absolute Gasteiger partial charge is 0.493 e. The summed E-state index contributed by atoms with van der Waals surface area (Å²) in [5, 5.41) is 2.93. The molecular formula is C23H37F3N2O5. The number of nitrogens with zero attached hydrogens (tertiary/aromatic N) is 1. The van der Waals surface area contributed by atoms with E-state index in [1.165, 1.54) is 13.2 Å². The van der Waals surface area contributed by atoms with E-state index in [1.54, 1.807) is 26.4 Å². The molecule has 10 heteroatoms. The van der Waals surface area contributed by atoms with Crippen LogP contribution in [-0.4, -0.2) is 77.4 Å². The molecule has 0 bridgehead atoms. The van der Waals surface area contributed by atoms with E-state index in [9.17, 15) is 18.0 Å². The minimum Gasteiger partial charge on any atom is -0.493 e. The smallest absolute Gasteiger partial charge is 0.422 e. The predicted molar refractivity (Wildman–Crippen MR) is 120 cm³/mol. The lowest BCUT2D eigenvalue weighted by Gasteiger charge is -2.33. The van der Waals surface area contributed by atoms with Gasteiger partial charge in [0.1, 0.15) is 0 Å². The highest BCUT2D eigenvalue weighted by molar-refractivity contribution is 5.81. The Morgan fingerprint density at radius 2 is 1.73 bits per heavy atom. The Bertz CT molecular complexity index is 734. The fourth-order valence-corrected chi connectivity index (χ4v) is 3.23. The zero-order valence-corrected chi connectivity index (χ0v) is 20.5. The van der Waals surface area contributed by atoms with Crippen molar-refractivity contribution >= 4 is 5.91 Å². The summed E-state index contributed by atoms with van der Waals surface area (Å²) in [5.41, 5.74) is 0.625. The lowest BCUT2D eigenvalue weighted by molar-refractivity contribution is -0.153. The van der Waals surface area contributed by atoms with Crippen molar-refractivity contribution in [3.8, 4) is 11.5 Å². The molecule has 1 N–H and O–H groups in total. The molecule has 0 aromatic heterocycles. The van der Waals surface area contributed by atoms with Crippen LogP contribution in [0, 0.1) is 5.41 Å². The fraction of sp³-hybridized carbons (Fsp3) is 0.696. The number of rotatable bonds is 13. The molecule has 0 spiro atoms. The number of amides is 1. The van der Waals surface area contributed by atoms with Gasteiger partial charge in [0.15, 0.2) is 24.4 Å². The molecule has 190 valence electrons. The van der Waals surface area contributed by atoms with Crippen LogP contribution in [0.15, 0.2) is 18.2 Å². The number of ether oxygens (including phenoxy) is 4. The maximum atomic E-state index is 13.0. The van der Waals surface area contributed by atoms with Gasteiger partial charge in [-0.2, -0.15) is 13.2 Å². The average molecular weight is 479 g/mol. The van der Waals surface area contributed by atoms with Gasteiger partial charge in [0.2, 0.25) is 5.91 Å². The van der Waals surface area contributed by atoms with Crippen LogP contribution in [0.1, 0.15) is 32.8 Å². The molecule has 1 atom stereocenters. The van der Waals surface area contributed by atoms with Crippen molar-refractivity contribution in [2.75, 3.05) is 48.1 Å². The molecule has 1 amide bonds. The number of hydrogen-bond donors (Lipinski definition) is 1. The molecule has 0 fully saturated rings. The van der Waals surface area contributed by atoms with E-state index < -0.39 is 25.1 Å². The predicted octanol–water partition coefficient (Wildman–Crippen LogP) is 3.65. The highest BCUT2D eigenvalue weighted by Crippen LogP contribution is 2.30. The molecule has 0 radical (unpaired) electrons. The molecule has 0 aliphatic rings. The first kappa shape index (κ1) is 29.0. The Balaban J connectivity index is 2.80. The third-order valence-corrected chi connectivity index (χ3v) is 4.94. The minimum absolute atomic E-state index is 0.00849. The van der Waals surface area contributed by atoms with Crippen molar-refractivity contribution in [1.82, 2.24) is 10.2 Å². The van der Waals surface area contributed by atoms with Crippen molar-refractivity contribution in [2.45, 2.75) is 52.1 Å². The van der Waals surface area contributed by atoms with E-state index >= 15 is 0 Å². The molecule has 33 heavy (non-hydrogen) atoms. The number of carbonyl (C=O) groups excluding carboxylic acids is 1. The first-order valence-corrected chi connectivity index (χ1v) is 10.7. The molecule has 0 heterocycles. The van der Waals surface area contributed by atoms with Crippen LogP contribution in [0.3, 0.4) is 0 Å². The van der Waals surface area contributed by atoms with Crippen LogP contribution in [0.4, 0.5) is 13.2 Å². The summed E-state index contributed by atoms with van der Waals surface area (Å²) in [7, 11) is 6.29. The van der Waals surface area contributed by atoms with Gasteiger partial charge in [-0.15, -0.1) is 0 Å². The molecule has 7 nitrogen and oxygen atoms in total. The van der Waals surface area contributed by atoms with Crippen LogP contribution in [0.25, 0.3) is 0 Å². The number of likely N-dealkylation sites (N-methyl/N-ethyl adjacent to an activating group) is 1. The summed E-state index contributed by atoms with van der Waals surface area (Å²) in [5.74, 6) is 0.0827. The third-order valence-electron chi connectivity index (χ3n) is 4.94. The second-order valence-corrected chi connectivity index (χ2v) is 9.05. The van der Waals surface area contributed by atoms with Gasteiger partial charge < -0.3 is 24.3 Å². The SMILES string of the molecule is COc1ccc(CCNC(=O)C(CC(C)(C)C)N(C)CC(OC)OC)cc1OCC(F)(F)F. The Kier molecular flexibility index (Phi) is 11.4.